The highest BCUT2D eigenvalue weighted by molar-refractivity contribution is 6.06. The van der Waals surface area contributed by atoms with Crippen LogP contribution in [0, 0.1) is 0 Å². The minimum absolute atomic E-state index is 0.424. The third kappa shape index (κ3) is 3.07. The van der Waals surface area contributed by atoms with E-state index in [0.29, 0.717) is 16.8 Å². The maximum absolute atomic E-state index is 12.3. The molecule has 6 nitrogen and oxygen atoms in total. The number of rotatable bonds is 3. The second kappa shape index (κ2) is 6.33. The molecule has 0 aliphatic heterocycles. The largest absolute Gasteiger partial charge is 0.338 e. The molecule has 1 heterocycles. The van der Waals surface area contributed by atoms with Crippen LogP contribution in [-0.2, 0) is 4.89 Å². The van der Waals surface area contributed by atoms with E-state index in [-0.39, 0.29) is 0 Å². The third-order valence-electron chi connectivity index (χ3n) is 3.32. The van der Waals surface area contributed by atoms with Gasteiger partial charge in [0, 0.05) is 17.1 Å². The zero-order valence-electron chi connectivity index (χ0n) is 12.4. The van der Waals surface area contributed by atoms with Crippen molar-refractivity contribution >= 4 is 22.8 Å². The molecule has 0 bridgehead atoms. The zero-order chi connectivity index (χ0) is 16.2. The van der Waals surface area contributed by atoms with Crippen LogP contribution in [0.25, 0.3) is 10.9 Å². The van der Waals surface area contributed by atoms with Gasteiger partial charge in [-0.25, -0.2) is 4.79 Å². The van der Waals surface area contributed by atoms with E-state index in [1.165, 1.54) is 11.7 Å². The third-order valence-corrected chi connectivity index (χ3v) is 3.32. The SMILES string of the molecule is COOc1ccc2c(ccn2C(=O)NC(=O)c2ccccc2)c1. The molecule has 0 unspecified atom stereocenters. The first-order chi connectivity index (χ1) is 11.2. The predicted octanol–water partition coefficient (Wildman–Crippen LogP) is 2.98. The summed E-state index contributed by atoms with van der Waals surface area (Å²) in [6, 6.07) is 14.9. The van der Waals surface area contributed by atoms with Crippen LogP contribution >= 0.6 is 0 Å². The summed E-state index contributed by atoms with van der Waals surface area (Å²) < 4.78 is 1.37. The number of fused-ring (bicyclic) bond motifs is 1. The van der Waals surface area contributed by atoms with Gasteiger partial charge in [-0.1, -0.05) is 18.2 Å². The highest BCUT2D eigenvalue weighted by atomic mass is 17.2. The van der Waals surface area contributed by atoms with E-state index in [1.807, 2.05) is 0 Å². The van der Waals surface area contributed by atoms with Crippen molar-refractivity contribution in [3.8, 4) is 5.75 Å². The quantitative estimate of drug-likeness (QED) is 0.596. The standard InChI is InChI=1S/C17H14N2O4/c1-22-23-14-7-8-15-13(11-14)9-10-19(15)17(21)18-16(20)12-5-3-2-4-6-12/h2-11H,1H3,(H,18,20,21). The minimum atomic E-state index is -0.519. The summed E-state index contributed by atoms with van der Waals surface area (Å²) in [4.78, 5) is 33.9. The molecule has 116 valence electrons. The van der Waals surface area contributed by atoms with Gasteiger partial charge in [0.1, 0.15) is 0 Å². The molecule has 6 heteroatoms. The number of carbonyl (C=O) groups excluding carboxylic acids is 2. The molecule has 0 fully saturated rings. The Balaban J connectivity index is 1.82. The average molecular weight is 310 g/mol. The molecule has 0 atom stereocenters. The van der Waals surface area contributed by atoms with Crippen molar-refractivity contribution in [1.82, 2.24) is 9.88 Å². The summed E-state index contributed by atoms with van der Waals surface area (Å²) in [6.07, 6.45) is 1.59. The van der Waals surface area contributed by atoms with Crippen LogP contribution in [0.2, 0.25) is 0 Å². The van der Waals surface area contributed by atoms with Crippen molar-refractivity contribution in [3.05, 3.63) is 66.4 Å². The highest BCUT2D eigenvalue weighted by Gasteiger charge is 2.14. The van der Waals surface area contributed by atoms with E-state index >= 15 is 0 Å². The van der Waals surface area contributed by atoms with Gasteiger partial charge in [-0.05, 0) is 36.4 Å². The minimum Gasteiger partial charge on any atom is -0.338 e. The molecule has 0 spiro atoms. The zero-order valence-corrected chi connectivity index (χ0v) is 12.4. The Morgan fingerprint density at radius 2 is 1.83 bits per heavy atom. The molecular weight excluding hydrogens is 296 g/mol. The summed E-state index contributed by atoms with van der Waals surface area (Å²) >= 11 is 0. The highest BCUT2D eigenvalue weighted by Crippen LogP contribution is 2.22. The van der Waals surface area contributed by atoms with Crippen LogP contribution in [-0.4, -0.2) is 23.6 Å². The second-order valence-corrected chi connectivity index (χ2v) is 4.78. The molecule has 0 radical (unpaired) electrons. The topological polar surface area (TPSA) is 69.6 Å². The normalized spacial score (nSPS) is 10.5. The van der Waals surface area contributed by atoms with E-state index < -0.39 is 11.9 Å². The van der Waals surface area contributed by atoms with Gasteiger partial charge in [0.15, 0.2) is 5.75 Å². The van der Waals surface area contributed by atoms with Gasteiger partial charge in [0.05, 0.1) is 12.6 Å². The summed E-state index contributed by atoms with van der Waals surface area (Å²) in [5, 5.41) is 3.15. The lowest BCUT2D eigenvalue weighted by molar-refractivity contribution is -0.178. The average Bonchev–Trinajstić information content (AvgIpc) is 2.99. The number of benzene rings is 2. The molecule has 0 saturated carbocycles. The van der Waals surface area contributed by atoms with Gasteiger partial charge in [-0.15, -0.1) is 0 Å². The Bertz CT molecular complexity index is 855. The lowest BCUT2D eigenvalue weighted by atomic mass is 10.2. The van der Waals surface area contributed by atoms with E-state index in [0.717, 1.165) is 5.39 Å². The maximum atomic E-state index is 12.3. The van der Waals surface area contributed by atoms with E-state index in [4.69, 9.17) is 4.89 Å². The summed E-state index contributed by atoms with van der Waals surface area (Å²) in [5.41, 5.74) is 1.08. The fraction of sp³-hybridized carbons (Fsp3) is 0.0588. The fourth-order valence-corrected chi connectivity index (χ4v) is 2.26. The number of hydrogen-bond donors (Lipinski definition) is 1. The van der Waals surface area contributed by atoms with Gasteiger partial charge in [0.2, 0.25) is 0 Å². The number of hydrogen-bond acceptors (Lipinski definition) is 4. The molecule has 2 amide bonds. The molecule has 23 heavy (non-hydrogen) atoms. The van der Waals surface area contributed by atoms with Crippen LogP contribution in [0.3, 0.4) is 0 Å². The lowest BCUT2D eigenvalue weighted by Crippen LogP contribution is -2.33. The lowest BCUT2D eigenvalue weighted by Gasteiger charge is -2.07. The molecule has 3 rings (SSSR count). The maximum Gasteiger partial charge on any atom is 0.332 e. The number of amides is 2. The number of aromatic nitrogens is 1. The van der Waals surface area contributed by atoms with Gasteiger partial charge >= 0.3 is 6.03 Å². The van der Waals surface area contributed by atoms with Crippen molar-refractivity contribution in [2.75, 3.05) is 7.11 Å². The number of nitrogens with zero attached hydrogens (tertiary/aromatic N) is 1. The van der Waals surface area contributed by atoms with Gasteiger partial charge in [0.25, 0.3) is 5.91 Å². The Morgan fingerprint density at radius 1 is 1.04 bits per heavy atom. The Hall–Kier alpha value is -3.12. The summed E-state index contributed by atoms with van der Waals surface area (Å²) in [6.45, 7) is 0. The van der Waals surface area contributed by atoms with Crippen LogP contribution < -0.4 is 10.2 Å². The van der Waals surface area contributed by atoms with E-state index in [9.17, 15) is 9.59 Å². The predicted molar refractivity (Wildman–Crippen MR) is 84.3 cm³/mol. The fourth-order valence-electron chi connectivity index (χ4n) is 2.26. The van der Waals surface area contributed by atoms with E-state index in [2.05, 4.69) is 10.2 Å². The number of nitrogens with one attached hydrogen (secondary N) is 1. The van der Waals surface area contributed by atoms with Crippen LogP contribution in [0.1, 0.15) is 10.4 Å². The smallest absolute Gasteiger partial charge is 0.332 e. The summed E-state index contributed by atoms with van der Waals surface area (Å²) in [5.74, 6) is 0.0790. The number of carbonyl (C=O) groups is 2. The van der Waals surface area contributed by atoms with Crippen molar-refractivity contribution in [3.63, 3.8) is 0 Å². The molecule has 3 aromatic rings. The van der Waals surface area contributed by atoms with E-state index in [1.54, 1.807) is 60.8 Å². The first-order valence-electron chi connectivity index (χ1n) is 6.91. The Morgan fingerprint density at radius 3 is 2.57 bits per heavy atom. The second-order valence-electron chi connectivity index (χ2n) is 4.78. The molecule has 1 aromatic heterocycles. The monoisotopic (exact) mass is 310 g/mol. The molecular formula is C17H14N2O4. The van der Waals surface area contributed by atoms with Crippen LogP contribution in [0.4, 0.5) is 4.79 Å². The molecule has 0 aliphatic rings. The first kappa shape index (κ1) is 14.8. The van der Waals surface area contributed by atoms with Crippen molar-refractivity contribution in [2.45, 2.75) is 0 Å². The molecule has 2 aromatic carbocycles. The molecule has 1 N–H and O–H groups in total. The van der Waals surface area contributed by atoms with Crippen molar-refractivity contribution in [1.29, 1.82) is 0 Å². The van der Waals surface area contributed by atoms with Gasteiger partial charge in [-0.3, -0.25) is 14.7 Å². The Kier molecular flexibility index (Phi) is 4.07. The number of imide groups is 1. The van der Waals surface area contributed by atoms with Crippen LogP contribution in [0.15, 0.2) is 60.8 Å². The first-order valence-corrected chi connectivity index (χ1v) is 6.91. The van der Waals surface area contributed by atoms with Crippen LogP contribution in [0.5, 0.6) is 5.75 Å². The van der Waals surface area contributed by atoms with Crippen molar-refractivity contribution < 1.29 is 19.4 Å². The van der Waals surface area contributed by atoms with Gasteiger partial charge < -0.3 is 4.89 Å². The molecule has 0 saturated heterocycles. The molecule has 0 aliphatic carbocycles. The Labute approximate surface area is 132 Å². The summed E-state index contributed by atoms with van der Waals surface area (Å²) in [7, 11) is 1.41. The van der Waals surface area contributed by atoms with Gasteiger partial charge in [-0.2, -0.15) is 4.89 Å². The van der Waals surface area contributed by atoms with Crippen molar-refractivity contribution in [2.24, 2.45) is 0 Å².